The van der Waals surface area contributed by atoms with Crippen molar-refractivity contribution in [1.29, 1.82) is 0 Å². The molecule has 0 fully saturated rings. The number of benzene rings is 1. The van der Waals surface area contributed by atoms with Gasteiger partial charge < -0.3 is 14.4 Å². The molecular weight excluding hydrogens is 450 g/mol. The number of hydrogen-bond donors (Lipinski definition) is 2. The number of pyridine rings is 1. The van der Waals surface area contributed by atoms with E-state index in [4.69, 9.17) is 4.74 Å². The fourth-order valence-corrected chi connectivity index (χ4v) is 3.64. The maximum atomic E-state index is 13.0. The third-order valence-corrected chi connectivity index (χ3v) is 5.55. The number of ether oxygens (including phenoxy) is 1. The molecule has 0 bridgehead atoms. The fourth-order valence-electron chi connectivity index (χ4n) is 3.64. The number of aromatic nitrogens is 5. The smallest absolute Gasteiger partial charge is 0.332 e. The summed E-state index contributed by atoms with van der Waals surface area (Å²) in [4.78, 5) is 33.8. The number of fused-ring (bicyclic) bond motifs is 1. The molecule has 1 unspecified atom stereocenters. The Morgan fingerprint density at radius 1 is 1.20 bits per heavy atom. The molecule has 35 heavy (non-hydrogen) atoms. The van der Waals surface area contributed by atoms with Gasteiger partial charge in [-0.05, 0) is 30.2 Å². The molecule has 182 valence electrons. The van der Waals surface area contributed by atoms with Crippen molar-refractivity contribution in [2.75, 3.05) is 12.0 Å². The van der Waals surface area contributed by atoms with E-state index < -0.39 is 17.4 Å². The van der Waals surface area contributed by atoms with Crippen LogP contribution in [0.2, 0.25) is 0 Å². The van der Waals surface area contributed by atoms with Crippen LogP contribution in [0.1, 0.15) is 18.1 Å². The van der Waals surface area contributed by atoms with E-state index in [1.165, 1.54) is 23.2 Å². The molecular formula is C24H27N7O4. The zero-order chi connectivity index (χ0) is 24.9. The highest BCUT2D eigenvalue weighted by molar-refractivity contribution is 5.80. The van der Waals surface area contributed by atoms with E-state index in [0.29, 0.717) is 5.75 Å². The molecule has 0 saturated heterocycles. The van der Waals surface area contributed by atoms with E-state index in [2.05, 4.69) is 27.4 Å². The van der Waals surface area contributed by atoms with Crippen molar-refractivity contribution in [2.24, 2.45) is 19.2 Å². The van der Waals surface area contributed by atoms with Gasteiger partial charge >= 0.3 is 5.69 Å². The minimum absolute atomic E-state index is 0.00267. The highest BCUT2D eigenvalue weighted by Gasteiger charge is 2.21. The summed E-state index contributed by atoms with van der Waals surface area (Å²) in [7, 11) is 2.93. The van der Waals surface area contributed by atoms with E-state index >= 15 is 0 Å². The number of aliphatic hydroxyl groups is 1. The summed E-state index contributed by atoms with van der Waals surface area (Å²) in [5.74, 6) is 0.849. The molecule has 1 atom stereocenters. The van der Waals surface area contributed by atoms with Crippen molar-refractivity contribution in [3.8, 4) is 5.75 Å². The average molecular weight is 478 g/mol. The normalized spacial score (nSPS) is 12.3. The van der Waals surface area contributed by atoms with E-state index in [0.717, 1.165) is 22.1 Å². The van der Waals surface area contributed by atoms with Gasteiger partial charge in [0, 0.05) is 32.1 Å². The number of aryl methyl sites for hydroxylation is 2. The lowest BCUT2D eigenvalue weighted by atomic mass is 10.2. The van der Waals surface area contributed by atoms with Gasteiger partial charge in [-0.15, -0.1) is 0 Å². The molecule has 0 saturated carbocycles. The Balaban J connectivity index is 1.64. The number of imidazole rings is 1. The van der Waals surface area contributed by atoms with Crippen molar-refractivity contribution in [3.05, 3.63) is 80.8 Å². The van der Waals surface area contributed by atoms with Crippen LogP contribution in [-0.4, -0.2) is 47.7 Å². The first-order valence-electron chi connectivity index (χ1n) is 11.1. The largest absolute Gasteiger partial charge is 0.491 e. The van der Waals surface area contributed by atoms with Gasteiger partial charge in [0.2, 0.25) is 5.95 Å². The summed E-state index contributed by atoms with van der Waals surface area (Å²) in [6.45, 7) is 2.04. The number of hydrazone groups is 1. The van der Waals surface area contributed by atoms with Gasteiger partial charge in [-0.1, -0.05) is 25.1 Å². The Hall–Kier alpha value is -4.25. The van der Waals surface area contributed by atoms with Crippen molar-refractivity contribution >= 4 is 23.3 Å². The SMILES string of the molecule is CCc1cccc(OCC(O)Cn2c(NN=Cc3cccnc3)nc3c2c(=O)n(C)c(=O)n3C)c1. The number of hydrogen-bond acceptors (Lipinski definition) is 8. The lowest BCUT2D eigenvalue weighted by Gasteiger charge is -2.15. The van der Waals surface area contributed by atoms with Gasteiger partial charge in [0.15, 0.2) is 11.2 Å². The van der Waals surface area contributed by atoms with Gasteiger partial charge in [-0.25, -0.2) is 10.2 Å². The first-order valence-corrected chi connectivity index (χ1v) is 11.1. The number of nitrogens with zero attached hydrogens (tertiary/aromatic N) is 6. The number of aliphatic hydroxyl groups excluding tert-OH is 1. The standard InChI is InChI=1S/C24H27N7O4/c1-4-16-7-5-9-19(11-16)35-15-18(32)14-31-20-21(29(2)24(34)30(3)22(20)33)27-23(31)28-26-13-17-8-6-10-25-12-17/h5-13,18,32H,4,14-15H2,1-3H3,(H,27,28). The quantitative estimate of drug-likeness (QED) is 0.274. The third kappa shape index (κ3) is 5.14. The molecule has 0 spiro atoms. The van der Waals surface area contributed by atoms with Gasteiger partial charge in [0.05, 0.1) is 12.8 Å². The van der Waals surface area contributed by atoms with Crippen LogP contribution in [0.25, 0.3) is 11.2 Å². The molecule has 4 aromatic rings. The van der Waals surface area contributed by atoms with Crippen LogP contribution in [0.15, 0.2) is 63.5 Å². The van der Waals surface area contributed by atoms with Gasteiger partial charge in [0.1, 0.15) is 18.5 Å². The Labute approximate surface area is 201 Å². The summed E-state index contributed by atoms with van der Waals surface area (Å²) in [5.41, 5.74) is 4.02. The molecule has 11 nitrogen and oxygen atoms in total. The van der Waals surface area contributed by atoms with E-state index in [1.54, 1.807) is 24.7 Å². The Bertz CT molecular complexity index is 1470. The van der Waals surface area contributed by atoms with Gasteiger partial charge in [-0.3, -0.25) is 18.9 Å². The van der Waals surface area contributed by atoms with Crippen molar-refractivity contribution in [1.82, 2.24) is 23.7 Å². The van der Waals surface area contributed by atoms with Crippen LogP contribution in [0.4, 0.5) is 5.95 Å². The summed E-state index contributed by atoms with van der Waals surface area (Å²) < 4.78 is 9.56. The average Bonchev–Trinajstić information content (AvgIpc) is 3.23. The fraction of sp³-hybridized carbons (Fsp3) is 0.292. The summed E-state index contributed by atoms with van der Waals surface area (Å²) >= 11 is 0. The van der Waals surface area contributed by atoms with Crippen molar-refractivity contribution < 1.29 is 9.84 Å². The monoisotopic (exact) mass is 477 g/mol. The lowest BCUT2D eigenvalue weighted by Crippen LogP contribution is -2.38. The zero-order valence-electron chi connectivity index (χ0n) is 19.8. The van der Waals surface area contributed by atoms with E-state index in [1.807, 2.05) is 30.3 Å². The minimum atomic E-state index is -0.970. The molecule has 3 heterocycles. The van der Waals surface area contributed by atoms with E-state index in [-0.39, 0.29) is 30.3 Å². The van der Waals surface area contributed by atoms with E-state index in [9.17, 15) is 14.7 Å². The minimum Gasteiger partial charge on any atom is -0.491 e. The Kier molecular flexibility index (Phi) is 7.06. The predicted octanol–water partition coefficient (Wildman–Crippen LogP) is 1.28. The second kappa shape index (κ2) is 10.3. The molecule has 2 N–H and O–H groups in total. The topological polar surface area (TPSA) is 129 Å². The van der Waals surface area contributed by atoms with Crippen LogP contribution < -0.4 is 21.4 Å². The second-order valence-corrected chi connectivity index (χ2v) is 8.05. The van der Waals surface area contributed by atoms with Crippen molar-refractivity contribution in [3.63, 3.8) is 0 Å². The number of nitrogens with one attached hydrogen (secondary N) is 1. The maximum absolute atomic E-state index is 13.0. The molecule has 3 aromatic heterocycles. The highest BCUT2D eigenvalue weighted by Crippen LogP contribution is 2.18. The lowest BCUT2D eigenvalue weighted by molar-refractivity contribution is 0.0938. The van der Waals surface area contributed by atoms with Crippen LogP contribution in [0.3, 0.4) is 0 Å². The van der Waals surface area contributed by atoms with Crippen LogP contribution >= 0.6 is 0 Å². The zero-order valence-corrected chi connectivity index (χ0v) is 19.8. The second-order valence-electron chi connectivity index (χ2n) is 8.05. The van der Waals surface area contributed by atoms with Crippen molar-refractivity contribution in [2.45, 2.75) is 26.0 Å². The molecule has 0 aliphatic rings. The molecule has 0 aliphatic carbocycles. The Morgan fingerprint density at radius 2 is 2.03 bits per heavy atom. The molecule has 0 amide bonds. The summed E-state index contributed by atoms with van der Waals surface area (Å²) in [6.07, 6.45) is 4.75. The molecule has 0 aliphatic heterocycles. The first kappa shape index (κ1) is 23.9. The Morgan fingerprint density at radius 3 is 2.77 bits per heavy atom. The van der Waals surface area contributed by atoms with Crippen LogP contribution in [-0.2, 0) is 27.1 Å². The maximum Gasteiger partial charge on any atom is 0.332 e. The third-order valence-electron chi connectivity index (χ3n) is 5.55. The van der Waals surface area contributed by atoms with Gasteiger partial charge in [-0.2, -0.15) is 10.1 Å². The van der Waals surface area contributed by atoms with Gasteiger partial charge in [0.25, 0.3) is 5.56 Å². The predicted molar refractivity (Wildman–Crippen MR) is 133 cm³/mol. The number of anilines is 1. The summed E-state index contributed by atoms with van der Waals surface area (Å²) in [5, 5.41) is 14.9. The first-order chi connectivity index (χ1) is 16.9. The molecule has 11 heteroatoms. The molecule has 1 aromatic carbocycles. The molecule has 4 rings (SSSR count). The highest BCUT2D eigenvalue weighted by atomic mass is 16.5. The van der Waals surface area contributed by atoms with Crippen LogP contribution in [0.5, 0.6) is 5.75 Å². The molecule has 0 radical (unpaired) electrons. The van der Waals surface area contributed by atoms with Crippen LogP contribution in [0, 0.1) is 0 Å². The number of rotatable bonds is 9. The summed E-state index contributed by atoms with van der Waals surface area (Å²) in [6, 6.07) is 11.3.